The van der Waals surface area contributed by atoms with E-state index in [-0.39, 0.29) is 6.01 Å². The molecule has 0 unspecified atom stereocenters. The Hall–Kier alpha value is -3.33. The van der Waals surface area contributed by atoms with Crippen LogP contribution in [-0.4, -0.2) is 41.3 Å². The molecular formula is C22H23ClN8O. The lowest BCUT2D eigenvalue weighted by atomic mass is 10.2. The summed E-state index contributed by atoms with van der Waals surface area (Å²) in [6, 6.07) is 8.22. The molecule has 1 saturated carbocycles. The number of aromatic nitrogens is 7. The zero-order chi connectivity index (χ0) is 22.2. The second-order valence-corrected chi connectivity index (χ2v) is 8.37. The molecule has 4 aromatic heterocycles. The average molecular weight is 451 g/mol. The van der Waals surface area contributed by atoms with E-state index in [2.05, 4.69) is 36.4 Å². The van der Waals surface area contributed by atoms with Gasteiger partial charge in [0.15, 0.2) is 0 Å². The van der Waals surface area contributed by atoms with Gasteiger partial charge in [-0.3, -0.25) is 14.6 Å². The number of nitrogens with one attached hydrogen (secondary N) is 1. The first-order chi connectivity index (χ1) is 15.5. The van der Waals surface area contributed by atoms with Crippen LogP contribution in [0.5, 0.6) is 6.01 Å². The molecule has 4 aromatic rings. The summed E-state index contributed by atoms with van der Waals surface area (Å²) in [4.78, 5) is 22.3. The topological polar surface area (TPSA) is 104 Å². The second-order valence-electron chi connectivity index (χ2n) is 8.01. The molecule has 0 saturated heterocycles. The van der Waals surface area contributed by atoms with E-state index in [1.165, 1.54) is 0 Å². The van der Waals surface area contributed by atoms with Gasteiger partial charge in [0, 0.05) is 36.3 Å². The van der Waals surface area contributed by atoms with Crippen molar-refractivity contribution in [3.05, 3.63) is 58.5 Å². The van der Waals surface area contributed by atoms with Crippen LogP contribution in [-0.2, 0) is 13.6 Å². The zero-order valence-corrected chi connectivity index (χ0v) is 18.8. The van der Waals surface area contributed by atoms with Crippen molar-refractivity contribution in [2.75, 3.05) is 11.9 Å². The number of pyridine rings is 2. The number of hydrogen-bond donors (Lipinski definition) is 1. The van der Waals surface area contributed by atoms with Crippen LogP contribution >= 0.6 is 11.6 Å². The minimum atomic E-state index is 0.263. The smallest absolute Gasteiger partial charge is 0.319 e. The molecule has 0 bridgehead atoms. The highest BCUT2D eigenvalue weighted by atomic mass is 35.5. The van der Waals surface area contributed by atoms with Crippen LogP contribution < -0.4 is 10.1 Å². The molecule has 164 valence electrons. The molecule has 32 heavy (non-hydrogen) atoms. The van der Waals surface area contributed by atoms with Crippen molar-refractivity contribution < 1.29 is 4.74 Å². The molecule has 5 rings (SSSR count). The molecule has 0 aromatic carbocycles. The highest BCUT2D eigenvalue weighted by Crippen LogP contribution is 2.47. The van der Waals surface area contributed by atoms with Gasteiger partial charge in [0.2, 0.25) is 0 Å². The molecule has 0 aliphatic heterocycles. The van der Waals surface area contributed by atoms with Crippen molar-refractivity contribution in [2.45, 2.75) is 32.7 Å². The monoisotopic (exact) mass is 450 g/mol. The van der Waals surface area contributed by atoms with Crippen LogP contribution in [0.3, 0.4) is 0 Å². The predicted molar refractivity (Wildman–Crippen MR) is 121 cm³/mol. The highest BCUT2D eigenvalue weighted by molar-refractivity contribution is 6.30. The number of rotatable bonds is 7. The predicted octanol–water partition coefficient (Wildman–Crippen LogP) is 3.61. The highest BCUT2D eigenvalue weighted by Gasteiger charge is 2.40. The van der Waals surface area contributed by atoms with Crippen LogP contribution in [0.2, 0.25) is 5.15 Å². The van der Waals surface area contributed by atoms with Crippen LogP contribution in [0.4, 0.5) is 5.82 Å². The van der Waals surface area contributed by atoms with E-state index in [1.54, 1.807) is 10.9 Å². The summed E-state index contributed by atoms with van der Waals surface area (Å²) in [6.45, 7) is 4.71. The number of ether oxygens (including phenoxy) is 1. The number of anilines is 1. The van der Waals surface area contributed by atoms with Crippen molar-refractivity contribution >= 4 is 28.5 Å². The Morgan fingerprint density at radius 3 is 2.81 bits per heavy atom. The second kappa shape index (κ2) is 8.31. The Morgan fingerprint density at radius 2 is 2.00 bits per heavy atom. The van der Waals surface area contributed by atoms with Crippen LogP contribution in [0, 0.1) is 19.8 Å². The van der Waals surface area contributed by atoms with E-state index in [9.17, 15) is 0 Å². The molecular weight excluding hydrogens is 428 g/mol. The normalized spacial score (nSPS) is 17.5. The molecule has 1 aliphatic carbocycles. The first-order valence-electron chi connectivity index (χ1n) is 10.5. The summed E-state index contributed by atoms with van der Waals surface area (Å²) >= 11 is 6.33. The van der Waals surface area contributed by atoms with Gasteiger partial charge >= 0.3 is 6.01 Å². The Bertz CT molecular complexity index is 1290. The van der Waals surface area contributed by atoms with Gasteiger partial charge in [-0.1, -0.05) is 11.6 Å². The number of halogens is 1. The third-order valence-electron chi connectivity index (χ3n) is 5.65. The van der Waals surface area contributed by atoms with Gasteiger partial charge in [0.1, 0.15) is 22.6 Å². The first kappa shape index (κ1) is 20.6. The molecule has 1 N–H and O–H groups in total. The third-order valence-corrected chi connectivity index (χ3v) is 6.01. The molecule has 4 heterocycles. The fourth-order valence-electron chi connectivity index (χ4n) is 3.73. The van der Waals surface area contributed by atoms with Gasteiger partial charge in [0.25, 0.3) is 0 Å². The lowest BCUT2D eigenvalue weighted by molar-refractivity contribution is 0.274. The number of aryl methyl sites for hydroxylation is 2. The van der Waals surface area contributed by atoms with Crippen molar-refractivity contribution in [1.82, 2.24) is 34.7 Å². The van der Waals surface area contributed by atoms with E-state index in [0.717, 1.165) is 40.4 Å². The molecule has 1 fully saturated rings. The fourth-order valence-corrected chi connectivity index (χ4v) is 3.90. The Morgan fingerprint density at radius 1 is 1.12 bits per heavy atom. The minimum Gasteiger partial charge on any atom is -0.463 e. The summed E-state index contributed by atoms with van der Waals surface area (Å²) in [5, 5.41) is 7.89. The van der Waals surface area contributed by atoms with Gasteiger partial charge < -0.3 is 10.1 Å². The van der Waals surface area contributed by atoms with Gasteiger partial charge in [-0.25, -0.2) is 4.98 Å². The molecule has 10 heteroatoms. The Kier molecular flexibility index (Phi) is 5.34. The fraction of sp³-hybridized carbons (Fsp3) is 0.364. The zero-order valence-electron chi connectivity index (χ0n) is 18.1. The maximum absolute atomic E-state index is 6.33. The van der Waals surface area contributed by atoms with E-state index in [1.807, 2.05) is 39.1 Å². The maximum atomic E-state index is 6.33. The molecule has 1 aliphatic rings. The molecule has 0 amide bonds. The SMILES string of the molecule is Cc1nc(CNc2nc(OC[C@H]3C[C@@H]3c3ccc4ncccc4n3)nc(Cl)c2C)n(C)n1. The van der Waals surface area contributed by atoms with Gasteiger partial charge in [0.05, 0.1) is 24.2 Å². The van der Waals surface area contributed by atoms with E-state index in [0.29, 0.717) is 36.0 Å². The first-order valence-corrected chi connectivity index (χ1v) is 10.8. The molecule has 0 spiro atoms. The number of hydrogen-bond acceptors (Lipinski definition) is 8. The summed E-state index contributed by atoms with van der Waals surface area (Å²) in [7, 11) is 1.86. The Balaban J connectivity index is 1.23. The minimum absolute atomic E-state index is 0.263. The Labute approximate surface area is 190 Å². The van der Waals surface area contributed by atoms with Gasteiger partial charge in [-0.15, -0.1) is 0 Å². The quantitative estimate of drug-likeness (QED) is 0.426. The summed E-state index contributed by atoms with van der Waals surface area (Å²) < 4.78 is 7.64. The van der Waals surface area contributed by atoms with Gasteiger partial charge in [-0.05, 0) is 44.5 Å². The largest absolute Gasteiger partial charge is 0.463 e. The molecule has 0 radical (unpaired) electrons. The average Bonchev–Trinajstić information content (AvgIpc) is 3.49. The summed E-state index contributed by atoms with van der Waals surface area (Å²) in [6.07, 6.45) is 2.80. The maximum Gasteiger partial charge on any atom is 0.319 e. The van der Waals surface area contributed by atoms with Crippen molar-refractivity contribution in [3.63, 3.8) is 0 Å². The van der Waals surface area contributed by atoms with Crippen LogP contribution in [0.25, 0.3) is 11.0 Å². The summed E-state index contributed by atoms with van der Waals surface area (Å²) in [5.41, 5.74) is 3.66. The number of nitrogens with zero attached hydrogens (tertiary/aromatic N) is 7. The van der Waals surface area contributed by atoms with E-state index >= 15 is 0 Å². The lowest BCUT2D eigenvalue weighted by Gasteiger charge is -2.11. The van der Waals surface area contributed by atoms with Crippen LogP contribution in [0.15, 0.2) is 30.5 Å². The third kappa shape index (κ3) is 4.20. The van der Waals surface area contributed by atoms with E-state index in [4.69, 9.17) is 21.3 Å². The lowest BCUT2D eigenvalue weighted by Crippen LogP contribution is -2.11. The van der Waals surface area contributed by atoms with Crippen molar-refractivity contribution in [2.24, 2.45) is 13.0 Å². The van der Waals surface area contributed by atoms with Crippen molar-refractivity contribution in [1.29, 1.82) is 0 Å². The van der Waals surface area contributed by atoms with E-state index < -0.39 is 0 Å². The standard InChI is InChI=1S/C22H23ClN8O/c1-12-20(23)28-22(29-21(12)25-10-19-26-13(2)30-31(19)3)32-11-14-9-15(14)16-6-7-17-18(27-16)5-4-8-24-17/h4-8,14-15H,9-11H2,1-3H3,(H,25,28,29)/t14-,15+/m1/s1. The number of fused-ring (bicyclic) bond motifs is 1. The summed E-state index contributed by atoms with van der Waals surface area (Å²) in [5.74, 6) is 2.90. The van der Waals surface area contributed by atoms with Crippen molar-refractivity contribution in [3.8, 4) is 6.01 Å². The van der Waals surface area contributed by atoms with Gasteiger partial charge in [-0.2, -0.15) is 15.1 Å². The molecule has 9 nitrogen and oxygen atoms in total. The molecule has 2 atom stereocenters. The van der Waals surface area contributed by atoms with Crippen LogP contribution in [0.1, 0.15) is 35.2 Å².